The molecule has 2 spiro atoms. The highest BCUT2D eigenvalue weighted by molar-refractivity contribution is 6.06. The van der Waals surface area contributed by atoms with E-state index < -0.39 is 10.8 Å². The van der Waals surface area contributed by atoms with Crippen molar-refractivity contribution in [3.8, 4) is 56.4 Å². The van der Waals surface area contributed by atoms with Gasteiger partial charge in [0.25, 0.3) is 0 Å². The lowest BCUT2D eigenvalue weighted by Gasteiger charge is -2.39. The first-order chi connectivity index (χ1) is 34.2. The fourth-order valence-electron chi connectivity index (χ4n) is 12.7. The van der Waals surface area contributed by atoms with Crippen LogP contribution in [0.5, 0.6) is 23.0 Å². The monoisotopic (exact) mass is 879 g/mol. The number of para-hydroxylation sites is 4. The average Bonchev–Trinajstić information content (AvgIpc) is 3.87. The number of hydrogen-bond donors (Lipinski definition) is 0. The van der Waals surface area contributed by atoms with Crippen LogP contribution in [0.3, 0.4) is 0 Å². The topological polar surface area (TPSA) is 21.7 Å². The van der Waals surface area contributed by atoms with Crippen LogP contribution in [0.15, 0.2) is 249 Å². The second-order valence-corrected chi connectivity index (χ2v) is 18.7. The summed E-state index contributed by atoms with van der Waals surface area (Å²) in [6.07, 6.45) is 0. The molecular weight excluding hydrogens is 839 g/mol. The molecule has 0 radical (unpaired) electrons. The van der Waals surface area contributed by atoms with Gasteiger partial charge in [0.05, 0.1) is 10.8 Å². The summed E-state index contributed by atoms with van der Waals surface area (Å²) in [5.74, 6) is 3.57. The summed E-state index contributed by atoms with van der Waals surface area (Å²) in [5, 5.41) is 2.40. The maximum absolute atomic E-state index is 6.71. The van der Waals surface area contributed by atoms with Crippen molar-refractivity contribution >= 4 is 27.8 Å². The average molecular weight is 880 g/mol. The van der Waals surface area contributed by atoms with E-state index in [4.69, 9.17) is 9.47 Å². The van der Waals surface area contributed by atoms with Crippen molar-refractivity contribution in [2.75, 3.05) is 4.90 Å². The molecule has 0 N–H and O–H groups in total. The molecule has 69 heavy (non-hydrogen) atoms. The summed E-state index contributed by atoms with van der Waals surface area (Å²) in [6.45, 7) is 0. The first-order valence-electron chi connectivity index (χ1n) is 23.8. The fourth-order valence-corrected chi connectivity index (χ4v) is 12.7. The molecule has 2 heterocycles. The van der Waals surface area contributed by atoms with Crippen molar-refractivity contribution < 1.29 is 9.47 Å². The van der Waals surface area contributed by atoms with Crippen molar-refractivity contribution in [2.24, 2.45) is 0 Å². The molecule has 11 aromatic carbocycles. The fraction of sp³-hybridized carbons (Fsp3) is 0.0303. The lowest BCUT2D eigenvalue weighted by Crippen LogP contribution is -2.32. The third-order valence-electron chi connectivity index (χ3n) is 15.4. The molecule has 0 aromatic heterocycles. The highest BCUT2D eigenvalue weighted by Crippen LogP contribution is 2.65. The molecule has 0 saturated heterocycles. The molecule has 322 valence electrons. The van der Waals surface area contributed by atoms with Crippen LogP contribution >= 0.6 is 0 Å². The van der Waals surface area contributed by atoms with Crippen molar-refractivity contribution in [1.82, 2.24) is 0 Å². The van der Waals surface area contributed by atoms with Crippen LogP contribution in [0.25, 0.3) is 44.2 Å². The van der Waals surface area contributed by atoms with Gasteiger partial charge in [0.1, 0.15) is 23.0 Å². The zero-order valence-corrected chi connectivity index (χ0v) is 37.4. The van der Waals surface area contributed by atoms with Crippen LogP contribution in [0.4, 0.5) is 17.1 Å². The lowest BCUT2D eigenvalue weighted by atomic mass is 9.66. The van der Waals surface area contributed by atoms with Crippen molar-refractivity contribution in [1.29, 1.82) is 0 Å². The Balaban J connectivity index is 0.960. The summed E-state index contributed by atoms with van der Waals surface area (Å²) in [5.41, 5.74) is 19.2. The maximum atomic E-state index is 6.71. The lowest BCUT2D eigenvalue weighted by molar-refractivity contribution is 0.436. The predicted octanol–water partition coefficient (Wildman–Crippen LogP) is 16.9. The minimum atomic E-state index is -0.592. The molecule has 3 heteroatoms. The van der Waals surface area contributed by atoms with E-state index in [9.17, 15) is 0 Å². The molecule has 2 aliphatic carbocycles. The normalized spacial score (nSPS) is 14.3. The largest absolute Gasteiger partial charge is 0.457 e. The SMILES string of the molecule is c1ccc(-c2ccc(N(c3ccc4c(c3)C3(c5ccccc5Oc5ccccc53)c3ccccc3-4)c3ccc4c5c(ccc4c3)C3(c4ccccc4Oc4ccccc43)c3ccccc3-5)cc2)cc1. The number of nitrogens with zero attached hydrogens (tertiary/aromatic N) is 1. The van der Waals surface area contributed by atoms with Gasteiger partial charge in [-0.1, -0.05) is 188 Å². The number of benzene rings is 11. The van der Waals surface area contributed by atoms with Gasteiger partial charge in [-0.3, -0.25) is 0 Å². The van der Waals surface area contributed by atoms with Gasteiger partial charge in [-0.25, -0.2) is 0 Å². The maximum Gasteiger partial charge on any atom is 0.132 e. The van der Waals surface area contributed by atoms with Crippen molar-refractivity contribution in [3.63, 3.8) is 0 Å². The predicted molar refractivity (Wildman–Crippen MR) is 279 cm³/mol. The van der Waals surface area contributed by atoms with E-state index in [0.29, 0.717) is 0 Å². The second kappa shape index (κ2) is 14.3. The van der Waals surface area contributed by atoms with Crippen LogP contribution < -0.4 is 14.4 Å². The molecule has 15 rings (SSSR count). The van der Waals surface area contributed by atoms with Crippen LogP contribution in [0.1, 0.15) is 44.5 Å². The van der Waals surface area contributed by atoms with E-state index in [1.165, 1.54) is 77.5 Å². The van der Waals surface area contributed by atoms with E-state index in [2.05, 4.69) is 254 Å². The third-order valence-corrected chi connectivity index (χ3v) is 15.4. The molecule has 2 aliphatic heterocycles. The first kappa shape index (κ1) is 38.2. The van der Waals surface area contributed by atoms with Crippen molar-refractivity contribution in [2.45, 2.75) is 10.8 Å². The Kier molecular flexibility index (Phi) is 7.92. The summed E-state index contributed by atoms with van der Waals surface area (Å²) < 4.78 is 13.4. The molecule has 3 nitrogen and oxygen atoms in total. The molecule has 11 aromatic rings. The van der Waals surface area contributed by atoms with Crippen LogP contribution in [0.2, 0.25) is 0 Å². The van der Waals surface area contributed by atoms with Gasteiger partial charge in [-0.05, 0) is 127 Å². The number of fused-ring (bicyclic) bond motifs is 20. The molecule has 0 saturated carbocycles. The standard InChI is InChI=1S/C66H41NO2/c1-2-16-42(17-3-1)43-30-33-45(34-31-43)67(47-36-38-50-49-18-4-6-20-52(49)66(59(50)41-47)56-24-10-14-28-62(56)69-63-29-15-11-25-57(63)66)46-35-37-48-44(40-46)32-39-58-64(48)51-19-5-7-21-53(51)65(58)54-22-8-12-26-60(54)68-61-27-13-9-23-55(61)65/h1-41H. The number of rotatable bonds is 4. The van der Waals surface area contributed by atoms with Crippen molar-refractivity contribution in [3.05, 3.63) is 293 Å². The van der Waals surface area contributed by atoms with E-state index in [0.717, 1.165) is 51.2 Å². The Hall–Kier alpha value is -8.92. The molecule has 0 unspecified atom stereocenters. The van der Waals surface area contributed by atoms with Gasteiger partial charge in [0, 0.05) is 39.3 Å². The summed E-state index contributed by atoms with van der Waals surface area (Å²) in [7, 11) is 0. The Morgan fingerprint density at radius 2 is 0.710 bits per heavy atom. The van der Waals surface area contributed by atoms with E-state index in [1.54, 1.807) is 0 Å². The molecule has 4 aliphatic rings. The quantitative estimate of drug-likeness (QED) is 0.176. The zero-order valence-electron chi connectivity index (χ0n) is 37.4. The third kappa shape index (κ3) is 5.11. The van der Waals surface area contributed by atoms with Gasteiger partial charge >= 0.3 is 0 Å². The number of hydrogen-bond acceptors (Lipinski definition) is 3. The van der Waals surface area contributed by atoms with Gasteiger partial charge in [-0.2, -0.15) is 0 Å². The van der Waals surface area contributed by atoms with Crippen LogP contribution in [0, 0.1) is 0 Å². The number of anilines is 3. The van der Waals surface area contributed by atoms with Gasteiger partial charge in [0.15, 0.2) is 0 Å². The van der Waals surface area contributed by atoms with Gasteiger partial charge in [0.2, 0.25) is 0 Å². The van der Waals surface area contributed by atoms with Crippen LogP contribution in [-0.2, 0) is 10.8 Å². The summed E-state index contributed by atoms with van der Waals surface area (Å²) in [6, 6.07) is 90.9. The van der Waals surface area contributed by atoms with Gasteiger partial charge < -0.3 is 14.4 Å². The van der Waals surface area contributed by atoms with E-state index >= 15 is 0 Å². The minimum absolute atomic E-state index is 0.532. The Morgan fingerprint density at radius 1 is 0.275 bits per heavy atom. The summed E-state index contributed by atoms with van der Waals surface area (Å²) in [4.78, 5) is 2.44. The summed E-state index contributed by atoms with van der Waals surface area (Å²) >= 11 is 0. The molecule has 0 atom stereocenters. The number of ether oxygens (including phenoxy) is 2. The highest BCUT2D eigenvalue weighted by Gasteiger charge is 2.53. The van der Waals surface area contributed by atoms with E-state index in [1.807, 2.05) is 0 Å². The molecule has 0 bridgehead atoms. The van der Waals surface area contributed by atoms with Gasteiger partial charge in [-0.15, -0.1) is 0 Å². The highest BCUT2D eigenvalue weighted by atomic mass is 16.5. The Morgan fingerprint density at radius 3 is 1.32 bits per heavy atom. The molecular formula is C66H41NO2. The Labute approximate surface area is 400 Å². The molecule has 0 amide bonds. The first-order valence-corrected chi connectivity index (χ1v) is 23.8. The van der Waals surface area contributed by atoms with E-state index in [-0.39, 0.29) is 0 Å². The smallest absolute Gasteiger partial charge is 0.132 e. The zero-order chi connectivity index (χ0) is 45.3. The molecule has 0 fully saturated rings. The Bertz CT molecular complexity index is 3830. The second-order valence-electron chi connectivity index (χ2n) is 18.7. The minimum Gasteiger partial charge on any atom is -0.457 e. The van der Waals surface area contributed by atoms with Crippen LogP contribution in [-0.4, -0.2) is 0 Å².